The van der Waals surface area contributed by atoms with Gasteiger partial charge in [-0.25, -0.2) is 8.42 Å². The van der Waals surface area contributed by atoms with E-state index in [4.69, 9.17) is 9.47 Å². The van der Waals surface area contributed by atoms with E-state index in [1.165, 1.54) is 7.11 Å². The van der Waals surface area contributed by atoms with Gasteiger partial charge in [-0.05, 0) is 72.1 Å². The maximum absolute atomic E-state index is 13.9. The zero-order chi connectivity index (χ0) is 26.4. The van der Waals surface area contributed by atoms with Crippen LogP contribution in [0.1, 0.15) is 18.1 Å². The number of aryl methyl sites for hydroxylation is 1. The van der Waals surface area contributed by atoms with Crippen LogP contribution in [0.4, 0.5) is 5.69 Å². The fourth-order valence-corrected chi connectivity index (χ4v) is 5.79. The van der Waals surface area contributed by atoms with Crippen LogP contribution in [0.2, 0.25) is 0 Å². The van der Waals surface area contributed by atoms with Crippen molar-refractivity contribution < 1.29 is 22.7 Å². The highest BCUT2D eigenvalue weighted by Crippen LogP contribution is 2.31. The van der Waals surface area contributed by atoms with Crippen LogP contribution in [-0.4, -0.2) is 34.6 Å². The Balaban J connectivity index is 1.64. The number of carbonyl (C=O) groups excluding carboxylic acids is 1. The van der Waals surface area contributed by atoms with Crippen molar-refractivity contribution in [2.75, 3.05) is 24.6 Å². The summed E-state index contributed by atoms with van der Waals surface area (Å²) in [5.74, 6) is 0.381. The summed E-state index contributed by atoms with van der Waals surface area (Å²) in [6.07, 6.45) is 0. The van der Waals surface area contributed by atoms with E-state index in [0.29, 0.717) is 18.0 Å². The topological polar surface area (TPSA) is 84.9 Å². The molecule has 1 amide bonds. The Labute approximate surface area is 217 Å². The van der Waals surface area contributed by atoms with Crippen LogP contribution in [-0.2, 0) is 21.4 Å². The molecule has 37 heavy (non-hydrogen) atoms. The molecule has 0 fully saturated rings. The minimum absolute atomic E-state index is 0.00858. The number of hydrogen-bond acceptors (Lipinski definition) is 5. The lowest BCUT2D eigenvalue weighted by Crippen LogP contribution is -2.40. The van der Waals surface area contributed by atoms with Crippen LogP contribution < -0.4 is 19.1 Å². The van der Waals surface area contributed by atoms with Crippen LogP contribution in [0.5, 0.6) is 11.5 Å². The fraction of sp³-hybridized carbons (Fsp3) is 0.207. The molecule has 4 aromatic carbocycles. The smallest absolute Gasteiger partial charge is 0.268 e. The number of ether oxygens (including phenoxy) is 2. The summed E-state index contributed by atoms with van der Waals surface area (Å²) in [5, 5.41) is 4.99. The second kappa shape index (κ2) is 11.3. The molecule has 0 radical (unpaired) electrons. The third-order valence-electron chi connectivity index (χ3n) is 5.97. The molecule has 0 spiro atoms. The molecule has 4 rings (SSSR count). The molecule has 0 bridgehead atoms. The number of hydrogen-bond donors (Lipinski definition) is 1. The summed E-state index contributed by atoms with van der Waals surface area (Å²) in [6.45, 7) is 4.02. The maximum atomic E-state index is 13.9. The molecule has 0 aliphatic heterocycles. The lowest BCUT2D eigenvalue weighted by Gasteiger charge is -2.25. The molecular formula is C29H30N2O5S. The van der Waals surface area contributed by atoms with Crippen molar-refractivity contribution >= 4 is 32.4 Å². The van der Waals surface area contributed by atoms with Gasteiger partial charge in [0.25, 0.3) is 10.0 Å². The monoisotopic (exact) mass is 518 g/mol. The number of carbonyl (C=O) groups is 1. The zero-order valence-corrected chi connectivity index (χ0v) is 21.9. The summed E-state index contributed by atoms with van der Waals surface area (Å²) in [4.78, 5) is 13.1. The minimum Gasteiger partial charge on any atom is -0.495 e. The lowest BCUT2D eigenvalue weighted by molar-refractivity contribution is -0.119. The highest BCUT2D eigenvalue weighted by Gasteiger charge is 2.30. The number of benzene rings is 4. The Kier molecular flexibility index (Phi) is 7.98. The second-order valence-electron chi connectivity index (χ2n) is 8.51. The Hall–Kier alpha value is -4.04. The molecule has 0 saturated carbocycles. The molecule has 0 saturated heterocycles. The number of anilines is 1. The summed E-state index contributed by atoms with van der Waals surface area (Å²) in [5.41, 5.74) is 2.04. The SMILES string of the molecule is CCOc1ccc(N(CC(=O)NCc2cccc3ccccc23)S(=O)(=O)c2cc(C)ccc2OC)cc1. The number of fused-ring (bicyclic) bond motifs is 1. The van der Waals surface area contributed by atoms with Crippen LogP contribution >= 0.6 is 0 Å². The van der Waals surface area contributed by atoms with E-state index < -0.39 is 22.5 Å². The van der Waals surface area contributed by atoms with Gasteiger partial charge in [0.15, 0.2) is 0 Å². The fourth-order valence-electron chi connectivity index (χ4n) is 4.12. The molecule has 0 aliphatic carbocycles. The van der Waals surface area contributed by atoms with Gasteiger partial charge in [-0.2, -0.15) is 0 Å². The van der Waals surface area contributed by atoms with Gasteiger partial charge >= 0.3 is 0 Å². The summed E-state index contributed by atoms with van der Waals surface area (Å²) >= 11 is 0. The molecule has 0 heterocycles. The highest BCUT2D eigenvalue weighted by atomic mass is 32.2. The van der Waals surface area contributed by atoms with E-state index in [1.807, 2.05) is 49.4 Å². The molecule has 8 heteroatoms. The Bertz CT molecular complexity index is 1500. The van der Waals surface area contributed by atoms with Gasteiger partial charge in [-0.3, -0.25) is 9.10 Å². The van der Waals surface area contributed by atoms with Gasteiger partial charge in [0, 0.05) is 6.54 Å². The van der Waals surface area contributed by atoms with Gasteiger partial charge in [-0.15, -0.1) is 0 Å². The van der Waals surface area contributed by atoms with Crippen molar-refractivity contribution in [3.05, 3.63) is 96.1 Å². The Morgan fingerprint density at radius 1 is 0.946 bits per heavy atom. The molecule has 7 nitrogen and oxygen atoms in total. The predicted molar refractivity (Wildman–Crippen MR) is 146 cm³/mol. The molecule has 0 atom stereocenters. The lowest BCUT2D eigenvalue weighted by atomic mass is 10.0. The molecule has 0 aliphatic rings. The minimum atomic E-state index is -4.15. The second-order valence-corrected chi connectivity index (χ2v) is 10.3. The molecular weight excluding hydrogens is 488 g/mol. The van der Waals surface area contributed by atoms with Gasteiger partial charge in [0.1, 0.15) is 22.9 Å². The first kappa shape index (κ1) is 26.0. The van der Waals surface area contributed by atoms with Crippen molar-refractivity contribution in [1.29, 1.82) is 0 Å². The van der Waals surface area contributed by atoms with E-state index in [9.17, 15) is 13.2 Å². The van der Waals surface area contributed by atoms with Crippen LogP contribution in [0.25, 0.3) is 10.8 Å². The average Bonchev–Trinajstić information content (AvgIpc) is 2.91. The third-order valence-corrected chi connectivity index (χ3v) is 7.76. The number of methoxy groups -OCH3 is 1. The molecule has 0 aromatic heterocycles. The molecule has 1 N–H and O–H groups in total. The van der Waals surface area contributed by atoms with Gasteiger partial charge in [0.05, 0.1) is 19.4 Å². The van der Waals surface area contributed by atoms with E-state index >= 15 is 0 Å². The van der Waals surface area contributed by atoms with E-state index in [-0.39, 0.29) is 17.2 Å². The molecule has 0 unspecified atom stereocenters. The van der Waals surface area contributed by atoms with Crippen LogP contribution in [0.15, 0.2) is 89.8 Å². The van der Waals surface area contributed by atoms with Gasteiger partial charge in [0.2, 0.25) is 5.91 Å². The van der Waals surface area contributed by atoms with E-state index in [2.05, 4.69) is 5.32 Å². The molecule has 4 aromatic rings. The predicted octanol–water partition coefficient (Wildman–Crippen LogP) is 5.07. The first-order valence-electron chi connectivity index (χ1n) is 12.0. The number of rotatable bonds is 10. The first-order valence-corrected chi connectivity index (χ1v) is 13.4. The normalized spacial score (nSPS) is 11.2. The van der Waals surface area contributed by atoms with Crippen molar-refractivity contribution in [2.45, 2.75) is 25.3 Å². The zero-order valence-electron chi connectivity index (χ0n) is 21.1. The number of nitrogens with zero attached hydrogens (tertiary/aromatic N) is 1. The summed E-state index contributed by atoms with van der Waals surface area (Å²) in [6, 6.07) is 25.4. The largest absolute Gasteiger partial charge is 0.495 e. The Morgan fingerprint density at radius 3 is 2.41 bits per heavy atom. The standard InChI is InChI=1S/C29H30N2O5S/c1-4-36-25-15-13-24(14-16-25)31(37(33,34)28-18-21(2)12-17-27(28)35-3)20-29(32)30-19-23-10-7-9-22-8-5-6-11-26(22)23/h5-18H,4,19-20H2,1-3H3,(H,30,32). The number of amides is 1. The quantitative estimate of drug-likeness (QED) is 0.317. The summed E-state index contributed by atoms with van der Waals surface area (Å²) < 4.78 is 39.7. The van der Waals surface area contributed by atoms with Crippen molar-refractivity contribution in [3.8, 4) is 11.5 Å². The van der Waals surface area contributed by atoms with Crippen molar-refractivity contribution in [3.63, 3.8) is 0 Å². The first-order chi connectivity index (χ1) is 17.8. The third kappa shape index (κ3) is 5.86. The van der Waals surface area contributed by atoms with Gasteiger partial charge in [-0.1, -0.05) is 48.5 Å². The highest BCUT2D eigenvalue weighted by molar-refractivity contribution is 7.93. The maximum Gasteiger partial charge on any atom is 0.268 e. The summed E-state index contributed by atoms with van der Waals surface area (Å²) in [7, 11) is -2.73. The number of sulfonamides is 1. The number of nitrogens with one attached hydrogen (secondary N) is 1. The van der Waals surface area contributed by atoms with Crippen LogP contribution in [0, 0.1) is 6.92 Å². The Morgan fingerprint density at radius 2 is 1.68 bits per heavy atom. The molecule has 192 valence electrons. The van der Waals surface area contributed by atoms with Crippen LogP contribution in [0.3, 0.4) is 0 Å². The average molecular weight is 519 g/mol. The van der Waals surface area contributed by atoms with Crippen molar-refractivity contribution in [2.24, 2.45) is 0 Å². The van der Waals surface area contributed by atoms with E-state index in [0.717, 1.165) is 26.2 Å². The van der Waals surface area contributed by atoms with E-state index in [1.54, 1.807) is 49.4 Å². The van der Waals surface area contributed by atoms with Gasteiger partial charge < -0.3 is 14.8 Å². The van der Waals surface area contributed by atoms with Crippen molar-refractivity contribution in [1.82, 2.24) is 5.32 Å².